The number of nitrogens with zero attached hydrogens (tertiary/aromatic N) is 1. The third-order valence-corrected chi connectivity index (χ3v) is 3.49. The zero-order valence-electron chi connectivity index (χ0n) is 11.4. The van der Waals surface area contributed by atoms with Gasteiger partial charge in [0.1, 0.15) is 5.75 Å². The van der Waals surface area contributed by atoms with Crippen molar-refractivity contribution in [2.24, 2.45) is 0 Å². The van der Waals surface area contributed by atoms with Gasteiger partial charge in [-0.25, -0.2) is 0 Å². The van der Waals surface area contributed by atoms with E-state index in [1.54, 1.807) is 17.0 Å². The van der Waals surface area contributed by atoms with Crippen LogP contribution in [-0.2, 0) is 9.59 Å². The number of piperidine rings is 1. The molecule has 0 N–H and O–H groups in total. The highest BCUT2D eigenvalue weighted by molar-refractivity contribution is 5.88. The highest BCUT2D eigenvalue weighted by Crippen LogP contribution is 2.25. The predicted molar refractivity (Wildman–Crippen MR) is 72.0 cm³/mol. The number of hydrogen-bond acceptors (Lipinski definition) is 3. The Kier molecular flexibility index (Phi) is 3.88. The zero-order chi connectivity index (χ0) is 13.9. The number of carbonyl (C=O) groups excluding carboxylic acids is 2. The molecule has 4 nitrogen and oxygen atoms in total. The van der Waals surface area contributed by atoms with Crippen LogP contribution in [0.3, 0.4) is 0 Å². The smallest absolute Gasteiger partial charge is 0.261 e. The van der Waals surface area contributed by atoms with Gasteiger partial charge in [0, 0.05) is 12.0 Å². The number of para-hydroxylation sites is 1. The lowest BCUT2D eigenvalue weighted by molar-refractivity contribution is -0.146. The van der Waals surface area contributed by atoms with Crippen molar-refractivity contribution in [3.05, 3.63) is 30.3 Å². The predicted octanol–water partition coefficient (Wildman–Crippen LogP) is 2.04. The van der Waals surface area contributed by atoms with Crippen molar-refractivity contribution in [3.8, 4) is 5.75 Å². The Hall–Kier alpha value is -1.84. The molecule has 0 saturated carbocycles. The zero-order valence-corrected chi connectivity index (χ0v) is 11.4. The van der Waals surface area contributed by atoms with Crippen molar-refractivity contribution in [1.82, 2.24) is 4.90 Å². The first kappa shape index (κ1) is 13.6. The third kappa shape index (κ3) is 3.34. The molecular formula is C15H19NO3. The second-order valence-corrected chi connectivity index (χ2v) is 5.43. The lowest BCUT2D eigenvalue weighted by Crippen LogP contribution is -2.54. The fraction of sp³-hybridized carbons (Fsp3) is 0.467. The van der Waals surface area contributed by atoms with Crippen LogP contribution in [-0.4, -0.2) is 35.3 Å². The van der Waals surface area contributed by atoms with Crippen molar-refractivity contribution < 1.29 is 14.3 Å². The van der Waals surface area contributed by atoms with Gasteiger partial charge in [-0.1, -0.05) is 18.2 Å². The van der Waals surface area contributed by atoms with E-state index in [1.807, 2.05) is 32.0 Å². The summed E-state index contributed by atoms with van der Waals surface area (Å²) in [6.07, 6.45) is 1.26. The van der Waals surface area contributed by atoms with Crippen LogP contribution in [0, 0.1) is 0 Å². The van der Waals surface area contributed by atoms with Crippen molar-refractivity contribution >= 4 is 11.7 Å². The summed E-state index contributed by atoms with van der Waals surface area (Å²) in [6.45, 7) is 4.14. The van der Waals surface area contributed by atoms with E-state index >= 15 is 0 Å². The number of likely N-dealkylation sites (tertiary alicyclic amines) is 1. The molecule has 19 heavy (non-hydrogen) atoms. The molecule has 0 unspecified atom stereocenters. The molecule has 0 spiro atoms. The van der Waals surface area contributed by atoms with E-state index in [2.05, 4.69) is 0 Å². The molecule has 1 aromatic carbocycles. The van der Waals surface area contributed by atoms with Crippen LogP contribution in [0.5, 0.6) is 5.75 Å². The van der Waals surface area contributed by atoms with E-state index in [9.17, 15) is 9.59 Å². The number of ether oxygens (including phenoxy) is 1. The topological polar surface area (TPSA) is 46.6 Å². The third-order valence-electron chi connectivity index (χ3n) is 3.49. The molecule has 1 aromatic rings. The summed E-state index contributed by atoms with van der Waals surface area (Å²) in [4.78, 5) is 25.3. The molecule has 1 heterocycles. The molecule has 4 heteroatoms. The number of rotatable bonds is 3. The number of carbonyl (C=O) groups is 2. The summed E-state index contributed by atoms with van der Waals surface area (Å²) < 4.78 is 5.45. The molecule has 1 aliphatic heterocycles. The molecule has 0 atom stereocenters. The number of hydrogen-bond donors (Lipinski definition) is 0. The molecule has 102 valence electrons. The van der Waals surface area contributed by atoms with Gasteiger partial charge in [-0.05, 0) is 32.4 Å². The molecule has 0 bridgehead atoms. The largest absolute Gasteiger partial charge is 0.484 e. The highest BCUT2D eigenvalue weighted by atomic mass is 16.5. The normalized spacial score (nSPS) is 18.2. The summed E-state index contributed by atoms with van der Waals surface area (Å²) >= 11 is 0. The van der Waals surface area contributed by atoms with Crippen LogP contribution in [0.15, 0.2) is 30.3 Å². The molecule has 1 aliphatic rings. The van der Waals surface area contributed by atoms with E-state index in [1.165, 1.54) is 0 Å². The number of amides is 1. The number of benzene rings is 1. The van der Waals surface area contributed by atoms with Crippen LogP contribution in [0.4, 0.5) is 0 Å². The van der Waals surface area contributed by atoms with Crippen LogP contribution < -0.4 is 4.74 Å². The number of Topliss-reactive ketones (excluding diaryl/α,β-unsaturated/α-hetero) is 1. The summed E-state index contributed by atoms with van der Waals surface area (Å²) in [7, 11) is 0. The van der Waals surface area contributed by atoms with E-state index in [0.717, 1.165) is 0 Å². The van der Waals surface area contributed by atoms with Gasteiger partial charge in [-0.3, -0.25) is 9.59 Å². The van der Waals surface area contributed by atoms with Gasteiger partial charge in [-0.15, -0.1) is 0 Å². The lowest BCUT2D eigenvalue weighted by Gasteiger charge is -2.41. The first-order chi connectivity index (χ1) is 8.99. The van der Waals surface area contributed by atoms with Gasteiger partial charge in [0.25, 0.3) is 5.91 Å². The first-order valence-electron chi connectivity index (χ1n) is 6.49. The molecular weight excluding hydrogens is 242 g/mol. The molecule has 1 fully saturated rings. The number of ketones is 1. The Bertz CT molecular complexity index is 468. The minimum atomic E-state index is -0.273. The van der Waals surface area contributed by atoms with Gasteiger partial charge in [0.05, 0.1) is 6.54 Å². The second kappa shape index (κ2) is 5.43. The molecule has 0 aliphatic carbocycles. The van der Waals surface area contributed by atoms with E-state index < -0.39 is 0 Å². The summed E-state index contributed by atoms with van der Waals surface area (Å²) in [6, 6.07) is 9.21. The van der Waals surface area contributed by atoms with Gasteiger partial charge >= 0.3 is 0 Å². The highest BCUT2D eigenvalue weighted by Gasteiger charge is 2.36. The van der Waals surface area contributed by atoms with Crippen molar-refractivity contribution in [2.45, 2.75) is 32.2 Å². The van der Waals surface area contributed by atoms with E-state index in [4.69, 9.17) is 4.74 Å². The lowest BCUT2D eigenvalue weighted by atomic mass is 9.90. The van der Waals surface area contributed by atoms with Crippen LogP contribution in [0.1, 0.15) is 26.7 Å². The minimum Gasteiger partial charge on any atom is -0.484 e. The SMILES string of the molecule is CC1(C)CCC(=O)CN1C(=O)COc1ccccc1. The maximum atomic E-state index is 12.2. The quantitative estimate of drug-likeness (QED) is 0.836. The monoisotopic (exact) mass is 261 g/mol. The minimum absolute atomic E-state index is 0.0271. The Labute approximate surface area is 113 Å². The van der Waals surface area contributed by atoms with Crippen LogP contribution in [0.25, 0.3) is 0 Å². The average Bonchev–Trinajstić information content (AvgIpc) is 2.40. The van der Waals surface area contributed by atoms with Crippen molar-refractivity contribution in [2.75, 3.05) is 13.2 Å². The Morgan fingerprint density at radius 3 is 2.68 bits per heavy atom. The maximum absolute atomic E-state index is 12.2. The fourth-order valence-corrected chi connectivity index (χ4v) is 2.22. The Morgan fingerprint density at radius 1 is 1.32 bits per heavy atom. The van der Waals surface area contributed by atoms with E-state index in [-0.39, 0.29) is 30.4 Å². The Morgan fingerprint density at radius 2 is 2.00 bits per heavy atom. The molecule has 1 amide bonds. The van der Waals surface area contributed by atoms with Crippen LogP contribution in [0.2, 0.25) is 0 Å². The summed E-state index contributed by atoms with van der Waals surface area (Å²) in [5.41, 5.74) is -0.273. The van der Waals surface area contributed by atoms with Gasteiger partial charge < -0.3 is 9.64 Å². The summed E-state index contributed by atoms with van der Waals surface area (Å²) in [5, 5.41) is 0. The van der Waals surface area contributed by atoms with Gasteiger partial charge in [0.15, 0.2) is 12.4 Å². The van der Waals surface area contributed by atoms with E-state index in [0.29, 0.717) is 18.6 Å². The summed E-state index contributed by atoms with van der Waals surface area (Å²) in [5.74, 6) is 0.645. The van der Waals surface area contributed by atoms with Crippen molar-refractivity contribution in [1.29, 1.82) is 0 Å². The standard InChI is InChI=1S/C15H19NO3/c1-15(2)9-8-12(17)10-16(15)14(18)11-19-13-6-4-3-5-7-13/h3-7H,8-11H2,1-2H3. The Balaban J connectivity index is 1.97. The van der Waals surface area contributed by atoms with Gasteiger partial charge in [-0.2, -0.15) is 0 Å². The van der Waals surface area contributed by atoms with Crippen molar-refractivity contribution in [3.63, 3.8) is 0 Å². The fourth-order valence-electron chi connectivity index (χ4n) is 2.22. The maximum Gasteiger partial charge on any atom is 0.261 e. The first-order valence-corrected chi connectivity index (χ1v) is 6.49. The van der Waals surface area contributed by atoms with Gasteiger partial charge in [0.2, 0.25) is 0 Å². The second-order valence-electron chi connectivity index (χ2n) is 5.43. The molecule has 0 radical (unpaired) electrons. The van der Waals surface area contributed by atoms with Crippen LogP contribution >= 0.6 is 0 Å². The average molecular weight is 261 g/mol. The molecule has 2 rings (SSSR count). The molecule has 0 aromatic heterocycles. The molecule has 1 saturated heterocycles.